The molecule has 1 saturated carbocycles. The molecule has 2 heterocycles. The number of aromatic amines is 1. The number of aromatic nitrogens is 4. The van der Waals surface area contributed by atoms with Crippen LogP contribution in [0.5, 0.6) is 0 Å². The normalized spacial score (nSPS) is 22.7. The minimum Gasteiger partial charge on any atom is -0.303 e. The predicted molar refractivity (Wildman–Crippen MR) is 67.3 cm³/mol. The number of rotatable bonds is 2. The fourth-order valence-electron chi connectivity index (χ4n) is 2.24. The quantitative estimate of drug-likeness (QED) is 0.650. The number of fused-ring (bicyclic) bond motifs is 1. The van der Waals surface area contributed by atoms with Gasteiger partial charge in [0.15, 0.2) is 10.8 Å². The summed E-state index contributed by atoms with van der Waals surface area (Å²) in [7, 11) is 0. The molecule has 0 unspecified atom stereocenters. The van der Waals surface area contributed by atoms with E-state index in [0.717, 1.165) is 12.8 Å². The molecule has 0 aliphatic heterocycles. The number of thioether (sulfide) groups is 1. The first-order valence-corrected chi connectivity index (χ1v) is 6.86. The summed E-state index contributed by atoms with van der Waals surface area (Å²) in [6, 6.07) is 2.30. The minimum atomic E-state index is -0.168. The van der Waals surface area contributed by atoms with Gasteiger partial charge >= 0.3 is 5.69 Å². The third-order valence-corrected chi connectivity index (χ3v) is 3.84. The zero-order valence-corrected chi connectivity index (χ0v) is 10.6. The maximum absolute atomic E-state index is 11.9. The first-order chi connectivity index (χ1) is 8.72. The van der Waals surface area contributed by atoms with Gasteiger partial charge in [-0.1, -0.05) is 11.8 Å². The van der Waals surface area contributed by atoms with Gasteiger partial charge in [-0.3, -0.25) is 4.57 Å². The summed E-state index contributed by atoms with van der Waals surface area (Å²) in [5, 5.41) is 9.44. The van der Waals surface area contributed by atoms with Gasteiger partial charge in [0.05, 0.1) is 18.2 Å². The fourth-order valence-corrected chi connectivity index (χ4v) is 2.58. The molecular formula is C11H11N5OS. The minimum absolute atomic E-state index is 0.0636. The third kappa shape index (κ3) is 1.61. The van der Waals surface area contributed by atoms with E-state index in [1.165, 1.54) is 11.8 Å². The van der Waals surface area contributed by atoms with Gasteiger partial charge in [0.25, 0.3) is 0 Å². The topological polar surface area (TPSA) is 87.4 Å². The smallest absolute Gasteiger partial charge is 0.303 e. The average molecular weight is 261 g/mol. The number of nitrogens with one attached hydrogen (secondary N) is 1. The highest BCUT2D eigenvalue weighted by atomic mass is 32.2. The second kappa shape index (κ2) is 4.14. The summed E-state index contributed by atoms with van der Waals surface area (Å²) in [4.78, 5) is 23.2. The summed E-state index contributed by atoms with van der Waals surface area (Å²) in [6.45, 7) is 0. The van der Waals surface area contributed by atoms with Crippen molar-refractivity contribution in [1.82, 2.24) is 19.5 Å². The largest absolute Gasteiger partial charge is 0.327 e. The van der Waals surface area contributed by atoms with Crippen LogP contribution in [0.4, 0.5) is 0 Å². The Bertz CT molecular complexity index is 692. The number of H-pyrrole nitrogens is 1. The third-order valence-electron chi connectivity index (χ3n) is 3.28. The molecule has 18 heavy (non-hydrogen) atoms. The van der Waals surface area contributed by atoms with E-state index < -0.39 is 0 Å². The molecule has 0 saturated heterocycles. The Kier molecular flexibility index (Phi) is 2.59. The highest BCUT2D eigenvalue weighted by molar-refractivity contribution is 7.98. The van der Waals surface area contributed by atoms with Crippen LogP contribution in [-0.2, 0) is 0 Å². The van der Waals surface area contributed by atoms with Gasteiger partial charge in [-0.05, 0) is 19.1 Å². The molecule has 0 spiro atoms. The summed E-state index contributed by atoms with van der Waals surface area (Å²) in [5.41, 5.74) is 1.12. The first kappa shape index (κ1) is 11.3. The highest BCUT2D eigenvalue weighted by Gasteiger charge is 2.33. The van der Waals surface area contributed by atoms with E-state index in [0.29, 0.717) is 16.3 Å². The van der Waals surface area contributed by atoms with Crippen molar-refractivity contribution < 1.29 is 0 Å². The van der Waals surface area contributed by atoms with Gasteiger partial charge in [0, 0.05) is 6.04 Å². The van der Waals surface area contributed by atoms with Gasteiger partial charge in [-0.2, -0.15) is 5.26 Å². The lowest BCUT2D eigenvalue weighted by atomic mass is 9.81. The lowest BCUT2D eigenvalue weighted by molar-refractivity contribution is 0.248. The summed E-state index contributed by atoms with van der Waals surface area (Å²) >= 11 is 1.44. The van der Waals surface area contributed by atoms with Crippen LogP contribution in [0.15, 0.2) is 16.1 Å². The van der Waals surface area contributed by atoms with E-state index in [2.05, 4.69) is 21.0 Å². The molecule has 2 aromatic heterocycles. The van der Waals surface area contributed by atoms with E-state index >= 15 is 0 Å². The van der Waals surface area contributed by atoms with E-state index in [1.54, 1.807) is 10.8 Å². The molecule has 0 radical (unpaired) electrons. The van der Waals surface area contributed by atoms with Crippen molar-refractivity contribution >= 4 is 22.9 Å². The van der Waals surface area contributed by atoms with Crippen molar-refractivity contribution in [3.63, 3.8) is 0 Å². The Balaban J connectivity index is 2.08. The Morgan fingerprint density at radius 2 is 2.39 bits per heavy atom. The fraction of sp³-hybridized carbons (Fsp3) is 0.455. The Morgan fingerprint density at radius 1 is 1.61 bits per heavy atom. The number of hydrogen-bond donors (Lipinski definition) is 1. The van der Waals surface area contributed by atoms with E-state index in [9.17, 15) is 4.79 Å². The van der Waals surface area contributed by atoms with Crippen LogP contribution in [0.1, 0.15) is 18.9 Å². The van der Waals surface area contributed by atoms with Crippen LogP contribution >= 0.6 is 11.8 Å². The van der Waals surface area contributed by atoms with Gasteiger partial charge in [0.1, 0.15) is 5.52 Å². The Morgan fingerprint density at radius 3 is 3.06 bits per heavy atom. The van der Waals surface area contributed by atoms with E-state index in [4.69, 9.17) is 5.26 Å². The molecule has 0 atom stereocenters. The molecule has 7 heteroatoms. The number of hydrogen-bond acceptors (Lipinski definition) is 5. The zero-order valence-electron chi connectivity index (χ0n) is 9.75. The summed E-state index contributed by atoms with van der Waals surface area (Å²) in [5.74, 6) is 0.0636. The molecule has 3 rings (SSSR count). The van der Waals surface area contributed by atoms with Crippen LogP contribution in [0.3, 0.4) is 0 Å². The zero-order chi connectivity index (χ0) is 12.7. The van der Waals surface area contributed by atoms with E-state index in [-0.39, 0.29) is 17.6 Å². The Labute approximate surface area is 107 Å². The van der Waals surface area contributed by atoms with E-state index in [1.807, 2.05) is 6.26 Å². The first-order valence-electron chi connectivity index (χ1n) is 5.63. The van der Waals surface area contributed by atoms with Gasteiger partial charge in [0.2, 0.25) is 0 Å². The van der Waals surface area contributed by atoms with Crippen molar-refractivity contribution in [1.29, 1.82) is 5.26 Å². The second-order valence-corrected chi connectivity index (χ2v) is 5.12. The van der Waals surface area contributed by atoms with Crippen LogP contribution in [-0.4, -0.2) is 25.8 Å². The highest BCUT2D eigenvalue weighted by Crippen LogP contribution is 2.37. The number of nitriles is 1. The van der Waals surface area contributed by atoms with Crippen LogP contribution in [0, 0.1) is 17.2 Å². The lowest BCUT2D eigenvalue weighted by Crippen LogP contribution is -2.32. The van der Waals surface area contributed by atoms with Gasteiger partial charge in [-0.15, -0.1) is 0 Å². The maximum atomic E-state index is 11.9. The van der Waals surface area contributed by atoms with Crippen molar-refractivity contribution in [2.24, 2.45) is 5.92 Å². The molecule has 2 aromatic rings. The standard InChI is InChI=1S/C11H11N5OS/c1-18-10-13-5-8-9(15-10)16(11(17)14-8)7-2-6(3-7)4-12/h5-7H,2-3H2,1H3,(H,14,17). The second-order valence-electron chi connectivity index (χ2n) is 4.35. The van der Waals surface area contributed by atoms with Crippen molar-refractivity contribution in [3.05, 3.63) is 16.7 Å². The van der Waals surface area contributed by atoms with Crippen LogP contribution in [0.2, 0.25) is 0 Å². The van der Waals surface area contributed by atoms with Gasteiger partial charge < -0.3 is 4.98 Å². The molecule has 0 bridgehead atoms. The Hall–Kier alpha value is -1.81. The molecule has 0 amide bonds. The SMILES string of the molecule is CSc1ncc2[nH]c(=O)n(C3CC(C#N)C3)c2n1. The van der Waals surface area contributed by atoms with Crippen LogP contribution in [0.25, 0.3) is 11.2 Å². The molecule has 92 valence electrons. The number of nitrogens with zero attached hydrogens (tertiary/aromatic N) is 4. The monoisotopic (exact) mass is 261 g/mol. The molecule has 6 nitrogen and oxygen atoms in total. The molecular weight excluding hydrogens is 250 g/mol. The molecule has 0 aromatic carbocycles. The van der Waals surface area contributed by atoms with Crippen molar-refractivity contribution in [2.75, 3.05) is 6.26 Å². The summed E-state index contributed by atoms with van der Waals surface area (Å²) < 4.78 is 1.66. The van der Waals surface area contributed by atoms with Crippen molar-refractivity contribution in [3.8, 4) is 6.07 Å². The molecule has 1 fully saturated rings. The molecule has 1 aliphatic carbocycles. The summed E-state index contributed by atoms with van der Waals surface area (Å²) in [6.07, 6.45) is 4.97. The van der Waals surface area contributed by atoms with Crippen molar-refractivity contribution in [2.45, 2.75) is 24.0 Å². The van der Waals surface area contributed by atoms with Crippen LogP contribution < -0.4 is 5.69 Å². The molecule has 1 N–H and O–H groups in total. The van der Waals surface area contributed by atoms with Gasteiger partial charge in [-0.25, -0.2) is 14.8 Å². The number of imidazole rings is 1. The lowest BCUT2D eigenvalue weighted by Gasteiger charge is -2.30. The molecule has 1 aliphatic rings. The predicted octanol–water partition coefficient (Wildman–Crippen LogP) is 1.32. The average Bonchev–Trinajstić information content (AvgIpc) is 2.64. The maximum Gasteiger partial charge on any atom is 0.327 e.